The predicted molar refractivity (Wildman–Crippen MR) is 75.2 cm³/mol. The Morgan fingerprint density at radius 3 is 2.55 bits per heavy atom. The van der Waals surface area contributed by atoms with E-state index in [9.17, 15) is 8.78 Å². The maximum Gasteiger partial charge on any atom is 0.151 e. The Bertz CT molecular complexity index is 793. The topological polar surface area (TPSA) is 43.8 Å². The van der Waals surface area contributed by atoms with Gasteiger partial charge in [0.2, 0.25) is 0 Å². The molecule has 102 valence electrons. The molecule has 0 aliphatic heterocycles. The van der Waals surface area contributed by atoms with Gasteiger partial charge in [-0.05, 0) is 31.2 Å². The summed E-state index contributed by atoms with van der Waals surface area (Å²) in [6.45, 7) is 2.51. The smallest absolute Gasteiger partial charge is 0.151 e. The van der Waals surface area contributed by atoms with Crippen LogP contribution in [0, 0.1) is 11.6 Å². The maximum atomic E-state index is 13.8. The number of anilines is 1. The molecule has 5 heteroatoms. The van der Waals surface area contributed by atoms with E-state index in [0.717, 1.165) is 0 Å². The first kappa shape index (κ1) is 12.6. The lowest BCUT2D eigenvalue weighted by molar-refractivity contribution is 0.632. The molecule has 2 aromatic carbocycles. The number of nitrogen functional groups attached to an aromatic ring is 1. The van der Waals surface area contributed by atoms with Gasteiger partial charge < -0.3 is 10.3 Å². The van der Waals surface area contributed by atoms with E-state index in [2.05, 4.69) is 4.98 Å². The standard InChI is InChI=1S/C15H13F2N3/c1-2-20-12-8-4-7-11(17)14(12)19-15(20)9-5-3-6-10(16)13(9)18/h3-8H,2,18H2,1H3. The monoisotopic (exact) mass is 273 g/mol. The number of imidazole rings is 1. The fraction of sp³-hybridized carbons (Fsp3) is 0.133. The Morgan fingerprint density at radius 2 is 1.80 bits per heavy atom. The molecule has 0 atom stereocenters. The fourth-order valence-corrected chi connectivity index (χ4v) is 2.37. The van der Waals surface area contributed by atoms with Gasteiger partial charge in [0, 0.05) is 12.1 Å². The quantitative estimate of drug-likeness (QED) is 0.725. The van der Waals surface area contributed by atoms with Gasteiger partial charge in [0.05, 0.1) is 11.2 Å². The van der Waals surface area contributed by atoms with E-state index in [1.807, 2.05) is 11.5 Å². The molecular formula is C15H13F2N3. The van der Waals surface area contributed by atoms with Crippen molar-refractivity contribution in [2.45, 2.75) is 13.5 Å². The zero-order valence-corrected chi connectivity index (χ0v) is 10.9. The number of fused-ring (bicyclic) bond motifs is 1. The highest BCUT2D eigenvalue weighted by Gasteiger charge is 2.17. The van der Waals surface area contributed by atoms with Crippen molar-refractivity contribution < 1.29 is 8.78 Å². The third kappa shape index (κ3) is 1.74. The van der Waals surface area contributed by atoms with Crippen LogP contribution in [0.1, 0.15) is 6.92 Å². The minimum atomic E-state index is -0.502. The summed E-state index contributed by atoms with van der Waals surface area (Å²) in [6.07, 6.45) is 0. The number of nitrogens with two attached hydrogens (primary N) is 1. The van der Waals surface area contributed by atoms with Crippen molar-refractivity contribution in [1.29, 1.82) is 0 Å². The highest BCUT2D eigenvalue weighted by Crippen LogP contribution is 2.31. The number of nitrogens with zero attached hydrogens (tertiary/aromatic N) is 2. The molecule has 1 aromatic heterocycles. The Labute approximate surface area is 114 Å². The number of rotatable bonds is 2. The van der Waals surface area contributed by atoms with E-state index in [-0.39, 0.29) is 11.2 Å². The number of halogens is 2. The zero-order chi connectivity index (χ0) is 14.3. The van der Waals surface area contributed by atoms with Gasteiger partial charge in [0.25, 0.3) is 0 Å². The first-order valence-corrected chi connectivity index (χ1v) is 6.32. The van der Waals surface area contributed by atoms with Gasteiger partial charge in [-0.3, -0.25) is 0 Å². The summed E-state index contributed by atoms with van der Waals surface area (Å²) >= 11 is 0. The van der Waals surface area contributed by atoms with E-state index in [0.29, 0.717) is 23.4 Å². The lowest BCUT2D eigenvalue weighted by Gasteiger charge is -2.08. The normalized spacial score (nSPS) is 11.2. The molecule has 0 aliphatic carbocycles. The fourth-order valence-electron chi connectivity index (χ4n) is 2.37. The molecule has 0 spiro atoms. The zero-order valence-electron chi connectivity index (χ0n) is 10.9. The molecule has 0 aliphatic rings. The number of hydrogen-bond acceptors (Lipinski definition) is 2. The van der Waals surface area contributed by atoms with Gasteiger partial charge in [-0.25, -0.2) is 13.8 Å². The highest BCUT2D eigenvalue weighted by molar-refractivity contribution is 5.84. The number of benzene rings is 2. The second-order valence-corrected chi connectivity index (χ2v) is 4.49. The Hall–Kier alpha value is -2.43. The van der Waals surface area contributed by atoms with E-state index < -0.39 is 11.6 Å². The molecule has 0 radical (unpaired) electrons. The van der Waals surface area contributed by atoms with Gasteiger partial charge in [-0.1, -0.05) is 12.1 Å². The van der Waals surface area contributed by atoms with Crippen LogP contribution < -0.4 is 5.73 Å². The summed E-state index contributed by atoms with van der Waals surface area (Å²) in [5.41, 5.74) is 7.22. The number of aryl methyl sites for hydroxylation is 1. The molecule has 1 heterocycles. The van der Waals surface area contributed by atoms with Gasteiger partial charge in [0.15, 0.2) is 5.82 Å². The molecule has 3 nitrogen and oxygen atoms in total. The number of hydrogen-bond donors (Lipinski definition) is 1. The van der Waals surface area contributed by atoms with Gasteiger partial charge in [0.1, 0.15) is 17.2 Å². The Morgan fingerprint density at radius 1 is 1.10 bits per heavy atom. The molecule has 2 N–H and O–H groups in total. The molecule has 0 amide bonds. The van der Waals surface area contributed by atoms with E-state index in [1.54, 1.807) is 24.3 Å². The molecule has 3 rings (SSSR count). The second kappa shape index (κ2) is 4.59. The maximum absolute atomic E-state index is 13.8. The summed E-state index contributed by atoms with van der Waals surface area (Å²) in [6, 6.07) is 9.31. The molecule has 0 bridgehead atoms. The van der Waals surface area contributed by atoms with Crippen LogP contribution in [0.15, 0.2) is 36.4 Å². The summed E-state index contributed by atoms with van der Waals surface area (Å²) < 4.78 is 29.3. The molecule has 0 saturated heterocycles. The largest absolute Gasteiger partial charge is 0.396 e. The highest BCUT2D eigenvalue weighted by atomic mass is 19.1. The van der Waals surface area contributed by atoms with Crippen molar-refractivity contribution in [1.82, 2.24) is 9.55 Å². The number of aromatic nitrogens is 2. The van der Waals surface area contributed by atoms with Crippen LogP contribution in [-0.2, 0) is 6.54 Å². The van der Waals surface area contributed by atoms with Crippen molar-refractivity contribution in [3.05, 3.63) is 48.0 Å². The summed E-state index contributed by atoms with van der Waals surface area (Å²) in [5, 5.41) is 0. The third-order valence-electron chi connectivity index (χ3n) is 3.34. The summed E-state index contributed by atoms with van der Waals surface area (Å²) in [7, 11) is 0. The Kier molecular flexibility index (Phi) is 2.89. The van der Waals surface area contributed by atoms with Crippen molar-refractivity contribution in [3.63, 3.8) is 0 Å². The van der Waals surface area contributed by atoms with Crippen LogP contribution >= 0.6 is 0 Å². The van der Waals surface area contributed by atoms with Crippen molar-refractivity contribution >= 4 is 16.7 Å². The van der Waals surface area contributed by atoms with Crippen LogP contribution in [0.3, 0.4) is 0 Å². The first-order chi connectivity index (χ1) is 9.63. The van der Waals surface area contributed by atoms with Gasteiger partial charge >= 0.3 is 0 Å². The van der Waals surface area contributed by atoms with Crippen LogP contribution in [-0.4, -0.2) is 9.55 Å². The van der Waals surface area contributed by atoms with Crippen LogP contribution in [0.2, 0.25) is 0 Å². The van der Waals surface area contributed by atoms with Gasteiger partial charge in [-0.15, -0.1) is 0 Å². The van der Waals surface area contributed by atoms with Crippen molar-refractivity contribution in [2.75, 3.05) is 5.73 Å². The minimum Gasteiger partial charge on any atom is -0.396 e. The van der Waals surface area contributed by atoms with E-state index in [4.69, 9.17) is 5.73 Å². The van der Waals surface area contributed by atoms with Crippen LogP contribution in [0.4, 0.5) is 14.5 Å². The predicted octanol–water partition coefficient (Wildman–Crippen LogP) is 3.58. The van der Waals surface area contributed by atoms with E-state index in [1.165, 1.54) is 12.1 Å². The molecular weight excluding hydrogens is 260 g/mol. The summed E-state index contributed by atoms with van der Waals surface area (Å²) in [5.74, 6) is -0.423. The van der Waals surface area contributed by atoms with Crippen LogP contribution in [0.5, 0.6) is 0 Å². The Balaban J connectivity index is 2.36. The minimum absolute atomic E-state index is 0.0258. The van der Waals surface area contributed by atoms with Crippen molar-refractivity contribution in [3.8, 4) is 11.4 Å². The first-order valence-electron chi connectivity index (χ1n) is 6.32. The summed E-state index contributed by atoms with van der Waals surface area (Å²) in [4.78, 5) is 4.30. The van der Waals surface area contributed by atoms with Crippen molar-refractivity contribution in [2.24, 2.45) is 0 Å². The lowest BCUT2D eigenvalue weighted by Crippen LogP contribution is -2.01. The molecule has 0 unspecified atom stereocenters. The molecule has 20 heavy (non-hydrogen) atoms. The van der Waals surface area contributed by atoms with Crippen LogP contribution in [0.25, 0.3) is 22.4 Å². The SMILES string of the molecule is CCn1c(-c2cccc(F)c2N)nc2c(F)cccc21. The average Bonchev–Trinajstić information content (AvgIpc) is 2.81. The van der Waals surface area contributed by atoms with E-state index >= 15 is 0 Å². The lowest BCUT2D eigenvalue weighted by atomic mass is 10.1. The second-order valence-electron chi connectivity index (χ2n) is 4.49. The molecule has 0 fully saturated rings. The number of para-hydroxylation sites is 2. The molecule has 3 aromatic rings. The molecule has 0 saturated carbocycles. The third-order valence-corrected chi connectivity index (χ3v) is 3.34. The van der Waals surface area contributed by atoms with Gasteiger partial charge in [-0.2, -0.15) is 0 Å². The average molecular weight is 273 g/mol.